The van der Waals surface area contributed by atoms with Crippen LogP contribution >= 0.6 is 0 Å². The van der Waals surface area contributed by atoms with Gasteiger partial charge in [0, 0.05) is 20.0 Å². The fraction of sp³-hybridized carbons (Fsp3) is 0.333. The number of hydrogen-bond acceptors (Lipinski definition) is 3. The van der Waals surface area contributed by atoms with Gasteiger partial charge in [-0.2, -0.15) is 0 Å². The van der Waals surface area contributed by atoms with Crippen molar-refractivity contribution in [2.24, 2.45) is 5.92 Å². The topological polar surface area (TPSA) is 43.8 Å². The van der Waals surface area contributed by atoms with Crippen LogP contribution in [-0.4, -0.2) is 41.2 Å². The Bertz CT molecular complexity index is 469. The Morgan fingerprint density at radius 3 is 2.27 bits per heavy atom. The molecule has 2 atom stereocenters. The van der Waals surface area contributed by atoms with Gasteiger partial charge in [-0.1, -0.05) is 37.3 Å². The fourth-order valence-electron chi connectivity index (χ4n) is 2.42. The largest absolute Gasteiger partial charge is 0.392 e. The van der Waals surface area contributed by atoms with Crippen LogP contribution in [-0.2, 0) is 11.3 Å². The van der Waals surface area contributed by atoms with Crippen LogP contribution in [0.2, 0.25) is 0 Å². The Kier molecular flexibility index (Phi) is 5.98. The lowest BCUT2D eigenvalue weighted by Crippen LogP contribution is -2.47. The number of amides is 1. The summed E-state index contributed by atoms with van der Waals surface area (Å²) in [6.07, 6.45) is 6.62. The van der Waals surface area contributed by atoms with Crippen molar-refractivity contribution in [3.63, 3.8) is 0 Å². The van der Waals surface area contributed by atoms with Gasteiger partial charge in [-0.05, 0) is 31.2 Å². The maximum Gasteiger partial charge on any atom is 0.242 e. The Morgan fingerprint density at radius 2 is 1.73 bits per heavy atom. The van der Waals surface area contributed by atoms with E-state index >= 15 is 0 Å². The molecule has 4 heteroatoms. The highest BCUT2D eigenvalue weighted by atomic mass is 16.3. The molecule has 1 saturated carbocycles. The quantitative estimate of drug-likeness (QED) is 0.816. The van der Waals surface area contributed by atoms with E-state index in [1.165, 1.54) is 0 Å². The summed E-state index contributed by atoms with van der Waals surface area (Å²) in [4.78, 5) is 12.7. The molecule has 117 valence electrons. The first kappa shape index (κ1) is 17.0. The highest BCUT2D eigenvalue weighted by molar-refractivity contribution is 5.79. The molecule has 5 radical (unpaired) electrons. The Labute approximate surface area is 133 Å². The van der Waals surface area contributed by atoms with Gasteiger partial charge in [0.2, 0.25) is 5.91 Å². The van der Waals surface area contributed by atoms with E-state index < -0.39 is 12.0 Å². The molecule has 1 fully saturated rings. The average molecular weight is 299 g/mol. The van der Waals surface area contributed by atoms with Crippen molar-refractivity contribution in [1.82, 2.24) is 10.0 Å². The van der Waals surface area contributed by atoms with Gasteiger partial charge < -0.3 is 5.11 Å². The number of aliphatic hydroxyl groups excluding tert-OH is 1. The number of hydrogen-bond donors (Lipinski definition) is 1. The molecule has 1 aliphatic carbocycles. The molecule has 1 aliphatic rings. The van der Waals surface area contributed by atoms with E-state index in [-0.39, 0.29) is 5.91 Å². The molecule has 22 heavy (non-hydrogen) atoms. The van der Waals surface area contributed by atoms with Crippen LogP contribution in [0.1, 0.15) is 12.5 Å². The highest BCUT2D eigenvalue weighted by Gasteiger charge is 2.35. The summed E-state index contributed by atoms with van der Waals surface area (Å²) < 4.78 is 0. The van der Waals surface area contributed by atoms with Gasteiger partial charge in [0.15, 0.2) is 0 Å². The van der Waals surface area contributed by atoms with Crippen molar-refractivity contribution in [2.45, 2.75) is 19.6 Å². The van der Waals surface area contributed by atoms with E-state index in [4.69, 9.17) is 0 Å². The van der Waals surface area contributed by atoms with E-state index in [0.29, 0.717) is 6.54 Å². The molecular formula is C18H23N2O2. The van der Waals surface area contributed by atoms with Crippen molar-refractivity contribution in [3.8, 4) is 0 Å². The average Bonchev–Trinajstić information content (AvgIpc) is 3.05. The monoisotopic (exact) mass is 299 g/mol. The summed E-state index contributed by atoms with van der Waals surface area (Å²) >= 11 is 0. The number of carbonyl (C=O) groups is 1. The Morgan fingerprint density at radius 1 is 1.14 bits per heavy atom. The molecule has 0 unspecified atom stereocenters. The highest BCUT2D eigenvalue weighted by Crippen LogP contribution is 2.30. The number of carbonyl (C=O) groups excluding carboxylic acids is 1. The molecule has 2 rings (SSSR count). The zero-order valence-electron chi connectivity index (χ0n) is 13.3. The van der Waals surface area contributed by atoms with E-state index in [1.807, 2.05) is 70.1 Å². The molecule has 0 bridgehead atoms. The smallest absolute Gasteiger partial charge is 0.242 e. The van der Waals surface area contributed by atoms with Crippen molar-refractivity contribution in [2.75, 3.05) is 14.1 Å². The minimum atomic E-state index is -0.791. The van der Waals surface area contributed by atoms with Crippen LogP contribution in [0.5, 0.6) is 0 Å². The molecule has 0 heterocycles. The van der Waals surface area contributed by atoms with Gasteiger partial charge in [-0.25, -0.2) is 5.01 Å². The van der Waals surface area contributed by atoms with Crippen LogP contribution in [0, 0.1) is 37.5 Å². The summed E-state index contributed by atoms with van der Waals surface area (Å²) in [6.45, 7) is 2.26. The van der Waals surface area contributed by atoms with Crippen LogP contribution in [0.25, 0.3) is 0 Å². The van der Waals surface area contributed by atoms with Crippen molar-refractivity contribution in [3.05, 3.63) is 67.5 Å². The van der Waals surface area contributed by atoms with E-state index in [9.17, 15) is 9.90 Å². The summed E-state index contributed by atoms with van der Waals surface area (Å²) in [5, 5.41) is 13.8. The number of aliphatic hydroxyl groups is 1. The summed E-state index contributed by atoms with van der Waals surface area (Å²) in [7, 11) is 3.67. The predicted octanol–water partition coefficient (Wildman–Crippen LogP) is 1.89. The molecule has 0 spiro atoms. The van der Waals surface area contributed by atoms with Crippen molar-refractivity contribution < 1.29 is 9.90 Å². The summed E-state index contributed by atoms with van der Waals surface area (Å²) in [6, 6.07) is 9.84. The lowest BCUT2D eigenvalue weighted by Gasteiger charge is -2.33. The number of hydrazine groups is 1. The van der Waals surface area contributed by atoms with Gasteiger partial charge in [-0.3, -0.25) is 9.80 Å². The van der Waals surface area contributed by atoms with E-state index in [0.717, 1.165) is 11.5 Å². The van der Waals surface area contributed by atoms with Gasteiger partial charge in [0.05, 0.1) is 18.6 Å². The molecule has 0 saturated heterocycles. The third kappa shape index (κ3) is 4.08. The number of rotatable bonds is 6. The first-order valence-corrected chi connectivity index (χ1v) is 7.43. The van der Waals surface area contributed by atoms with Gasteiger partial charge in [0.25, 0.3) is 0 Å². The standard InChI is InChI=1S/C18H23N2O2/c1-14(17(21)16-11-7-8-12-16)18(22)20(19(2)3)13-15-9-5-4-6-10-15/h4-12,14,17,21H,13H2,1-3H3/t14-,17-/m1/s1. The maximum atomic E-state index is 12.7. The fourth-order valence-corrected chi connectivity index (χ4v) is 2.42. The van der Waals surface area contributed by atoms with Crippen LogP contribution in [0.3, 0.4) is 0 Å². The molecule has 1 aromatic rings. The van der Waals surface area contributed by atoms with Gasteiger partial charge in [-0.15, -0.1) is 0 Å². The second-order valence-electron chi connectivity index (χ2n) is 5.68. The lowest BCUT2D eigenvalue weighted by atomic mass is 9.90. The lowest BCUT2D eigenvalue weighted by molar-refractivity contribution is -0.153. The van der Waals surface area contributed by atoms with Crippen LogP contribution in [0.4, 0.5) is 0 Å². The predicted molar refractivity (Wildman–Crippen MR) is 86.3 cm³/mol. The second-order valence-corrected chi connectivity index (χ2v) is 5.68. The third-order valence-corrected chi connectivity index (χ3v) is 3.81. The van der Waals surface area contributed by atoms with E-state index in [2.05, 4.69) is 0 Å². The van der Waals surface area contributed by atoms with Crippen molar-refractivity contribution >= 4 is 5.91 Å². The minimum absolute atomic E-state index is 0.0949. The molecule has 1 amide bonds. The van der Waals surface area contributed by atoms with E-state index in [1.54, 1.807) is 16.9 Å². The first-order valence-electron chi connectivity index (χ1n) is 7.43. The van der Waals surface area contributed by atoms with Gasteiger partial charge >= 0.3 is 0 Å². The second kappa shape index (κ2) is 7.75. The molecular weight excluding hydrogens is 276 g/mol. The van der Waals surface area contributed by atoms with Crippen molar-refractivity contribution in [1.29, 1.82) is 0 Å². The Balaban J connectivity index is 2.05. The zero-order chi connectivity index (χ0) is 16.1. The molecule has 1 aromatic carbocycles. The summed E-state index contributed by atoms with van der Waals surface area (Å²) in [5.41, 5.74) is 1.06. The van der Waals surface area contributed by atoms with Crippen LogP contribution in [0.15, 0.2) is 30.3 Å². The normalized spacial score (nSPS) is 18.4. The minimum Gasteiger partial charge on any atom is -0.392 e. The molecule has 4 nitrogen and oxygen atoms in total. The van der Waals surface area contributed by atoms with Gasteiger partial charge in [0.1, 0.15) is 0 Å². The SMILES string of the molecule is C[C@@H](C(=O)N(Cc1ccccc1)N(C)C)[C@@H](O)[C]1[CH][CH][CH][CH]1. The molecule has 0 aromatic heterocycles. The summed E-state index contributed by atoms with van der Waals surface area (Å²) in [5.74, 6) is 0.176. The zero-order valence-corrected chi connectivity index (χ0v) is 13.3. The third-order valence-electron chi connectivity index (χ3n) is 3.81. The molecule has 0 aliphatic heterocycles. The Hall–Kier alpha value is -1.39. The molecule has 1 N–H and O–H groups in total. The number of benzene rings is 1. The number of nitrogens with zero attached hydrogens (tertiary/aromatic N) is 2. The van der Waals surface area contributed by atoms with Crippen LogP contribution < -0.4 is 0 Å². The first-order chi connectivity index (χ1) is 10.5. The maximum absolute atomic E-state index is 12.7.